The van der Waals surface area contributed by atoms with E-state index in [0.717, 1.165) is 0 Å². The standard InChI is InChI=1S/C8H15.Ca.2H/c1-2-4-6-8-7-5-3-1;;;/h1H,2-8H2;;;. The Balaban J connectivity index is 0.000000640. The van der Waals surface area contributed by atoms with E-state index in [1.165, 1.54) is 44.9 Å². The quantitative estimate of drug-likeness (QED) is 0.467. The van der Waals surface area contributed by atoms with Gasteiger partial charge in [0.05, 0.1) is 0 Å². The van der Waals surface area contributed by atoms with E-state index in [2.05, 4.69) is 6.42 Å². The van der Waals surface area contributed by atoms with Crippen LogP contribution in [0.15, 0.2) is 0 Å². The van der Waals surface area contributed by atoms with E-state index in [4.69, 9.17) is 0 Å². The van der Waals surface area contributed by atoms with Gasteiger partial charge < -0.3 is 0 Å². The molecule has 1 saturated carbocycles. The van der Waals surface area contributed by atoms with E-state index in [0.29, 0.717) is 0 Å². The Bertz CT molecular complexity index is 28.5. The molecule has 1 radical (unpaired) electrons. The van der Waals surface area contributed by atoms with Crippen molar-refractivity contribution in [2.24, 2.45) is 0 Å². The summed E-state index contributed by atoms with van der Waals surface area (Å²) in [5, 5.41) is 0. The first kappa shape index (κ1) is 10.3. The molecule has 0 amide bonds. The van der Waals surface area contributed by atoms with Crippen molar-refractivity contribution >= 4 is 37.7 Å². The summed E-state index contributed by atoms with van der Waals surface area (Å²) >= 11 is 0. The van der Waals surface area contributed by atoms with Crippen molar-refractivity contribution in [3.63, 3.8) is 0 Å². The molecule has 0 bridgehead atoms. The second kappa shape index (κ2) is 7.37. The summed E-state index contributed by atoms with van der Waals surface area (Å²) < 4.78 is 0. The van der Waals surface area contributed by atoms with Crippen molar-refractivity contribution in [3.05, 3.63) is 6.42 Å². The molecule has 0 N–H and O–H groups in total. The third-order valence-electron chi connectivity index (χ3n) is 1.82. The molecule has 0 unspecified atom stereocenters. The number of rotatable bonds is 0. The number of hydrogen-bond acceptors (Lipinski definition) is 0. The predicted octanol–water partition coefficient (Wildman–Crippen LogP) is 2.02. The third-order valence-corrected chi connectivity index (χ3v) is 1.82. The van der Waals surface area contributed by atoms with Gasteiger partial charge in [0, 0.05) is 0 Å². The molecular formula is C8H17Ca. The fraction of sp³-hybridized carbons (Fsp3) is 0.875. The van der Waals surface area contributed by atoms with Crippen molar-refractivity contribution in [1.82, 2.24) is 0 Å². The van der Waals surface area contributed by atoms with E-state index in [1.807, 2.05) is 0 Å². The molecule has 1 fully saturated rings. The van der Waals surface area contributed by atoms with Gasteiger partial charge in [-0.2, -0.15) is 0 Å². The van der Waals surface area contributed by atoms with Crippen LogP contribution >= 0.6 is 0 Å². The van der Waals surface area contributed by atoms with Gasteiger partial charge in [-0.25, -0.2) is 0 Å². The predicted molar refractivity (Wildman–Crippen MR) is 45.2 cm³/mol. The zero-order chi connectivity index (χ0) is 5.66. The van der Waals surface area contributed by atoms with Gasteiger partial charge in [-0.05, 0) is 6.42 Å². The average molecular weight is 153 g/mol. The Hall–Kier alpha value is 1.26. The van der Waals surface area contributed by atoms with Crippen molar-refractivity contribution in [1.29, 1.82) is 0 Å². The zero-order valence-electron chi connectivity index (χ0n) is 5.53. The van der Waals surface area contributed by atoms with Crippen LogP contribution < -0.4 is 0 Å². The molecule has 0 aromatic rings. The summed E-state index contributed by atoms with van der Waals surface area (Å²) in [7, 11) is 0. The van der Waals surface area contributed by atoms with Crippen molar-refractivity contribution in [2.75, 3.05) is 0 Å². The van der Waals surface area contributed by atoms with Gasteiger partial charge in [0.15, 0.2) is 0 Å². The Morgan fingerprint density at radius 2 is 1.11 bits per heavy atom. The zero-order valence-corrected chi connectivity index (χ0v) is 5.53. The van der Waals surface area contributed by atoms with Crippen LogP contribution in [0.25, 0.3) is 0 Å². The van der Waals surface area contributed by atoms with Crippen LogP contribution in [0, 0.1) is 6.42 Å². The molecule has 1 aliphatic carbocycles. The van der Waals surface area contributed by atoms with Gasteiger partial charge in [0.1, 0.15) is 0 Å². The van der Waals surface area contributed by atoms with Crippen LogP contribution in [-0.2, 0) is 0 Å². The van der Waals surface area contributed by atoms with Gasteiger partial charge >= 0.3 is 37.7 Å². The minimum atomic E-state index is 0. The van der Waals surface area contributed by atoms with Crippen LogP contribution in [0.5, 0.6) is 0 Å². The van der Waals surface area contributed by atoms with Gasteiger partial charge in [-0.1, -0.05) is 44.9 Å². The van der Waals surface area contributed by atoms with E-state index < -0.39 is 0 Å². The van der Waals surface area contributed by atoms with Gasteiger partial charge in [0.25, 0.3) is 0 Å². The van der Waals surface area contributed by atoms with Crippen molar-refractivity contribution in [2.45, 2.75) is 44.9 Å². The summed E-state index contributed by atoms with van der Waals surface area (Å²) in [6.45, 7) is 0. The molecule has 0 nitrogen and oxygen atoms in total. The van der Waals surface area contributed by atoms with E-state index in [1.54, 1.807) is 0 Å². The van der Waals surface area contributed by atoms with Crippen molar-refractivity contribution < 1.29 is 0 Å². The fourth-order valence-electron chi connectivity index (χ4n) is 1.25. The van der Waals surface area contributed by atoms with Gasteiger partial charge in [0.2, 0.25) is 0 Å². The Morgan fingerprint density at radius 3 is 1.67 bits per heavy atom. The van der Waals surface area contributed by atoms with Crippen LogP contribution in [-0.4, -0.2) is 37.7 Å². The first-order valence-electron chi connectivity index (χ1n) is 3.82. The van der Waals surface area contributed by atoms with Crippen LogP contribution in [0.4, 0.5) is 0 Å². The maximum atomic E-state index is 2.44. The molecule has 0 aromatic heterocycles. The molecule has 0 aromatic carbocycles. The molecule has 0 spiro atoms. The molecule has 1 rings (SSSR count). The molecule has 9 heavy (non-hydrogen) atoms. The van der Waals surface area contributed by atoms with E-state index in [9.17, 15) is 0 Å². The maximum absolute atomic E-state index is 2.44. The van der Waals surface area contributed by atoms with Crippen LogP contribution in [0.2, 0.25) is 0 Å². The van der Waals surface area contributed by atoms with E-state index in [-0.39, 0.29) is 37.7 Å². The van der Waals surface area contributed by atoms with E-state index >= 15 is 0 Å². The molecule has 1 heteroatoms. The minimum absolute atomic E-state index is 0. The second-order valence-corrected chi connectivity index (χ2v) is 2.63. The van der Waals surface area contributed by atoms with Gasteiger partial charge in [-0.3, -0.25) is 0 Å². The molecule has 0 saturated heterocycles. The summed E-state index contributed by atoms with van der Waals surface area (Å²) in [6, 6.07) is 0. The van der Waals surface area contributed by atoms with Crippen LogP contribution in [0.3, 0.4) is 0 Å². The van der Waals surface area contributed by atoms with Gasteiger partial charge in [-0.15, -0.1) is 0 Å². The molecule has 1 aliphatic rings. The number of hydrogen-bond donors (Lipinski definition) is 0. The average Bonchev–Trinajstić information content (AvgIpc) is 1.62. The fourth-order valence-corrected chi connectivity index (χ4v) is 1.25. The third kappa shape index (κ3) is 5.69. The first-order valence-corrected chi connectivity index (χ1v) is 3.82. The van der Waals surface area contributed by atoms with Crippen LogP contribution in [0.1, 0.15) is 44.9 Å². The molecule has 0 atom stereocenters. The second-order valence-electron chi connectivity index (χ2n) is 2.63. The molecular weight excluding hydrogens is 136 g/mol. The topological polar surface area (TPSA) is 0 Å². The molecule has 51 valence electrons. The Labute approximate surface area is 88.4 Å². The Morgan fingerprint density at radius 1 is 0.667 bits per heavy atom. The normalized spacial score (nSPS) is 21.3. The summed E-state index contributed by atoms with van der Waals surface area (Å²) in [4.78, 5) is 0. The Kier molecular flexibility index (Phi) is 8.40. The monoisotopic (exact) mass is 153 g/mol. The summed E-state index contributed by atoms with van der Waals surface area (Å²) in [5.41, 5.74) is 0. The van der Waals surface area contributed by atoms with Crippen molar-refractivity contribution in [3.8, 4) is 0 Å². The SMILES string of the molecule is [CH]1CCCCCCC1.[CaH2]. The summed E-state index contributed by atoms with van der Waals surface area (Å²) in [6.07, 6.45) is 12.5. The molecule has 0 aliphatic heterocycles. The first-order chi connectivity index (χ1) is 4.00. The molecule has 0 heterocycles. The summed E-state index contributed by atoms with van der Waals surface area (Å²) in [5.74, 6) is 0.